The normalized spacial score (nSPS) is 10.1. The summed E-state index contributed by atoms with van der Waals surface area (Å²) in [5, 5.41) is 3.48. The van der Waals surface area contributed by atoms with Crippen LogP contribution in [0.2, 0.25) is 5.02 Å². The van der Waals surface area contributed by atoms with Gasteiger partial charge < -0.3 is 14.8 Å². The van der Waals surface area contributed by atoms with Crippen molar-refractivity contribution in [1.29, 1.82) is 0 Å². The number of rotatable bonds is 7. The highest BCUT2D eigenvalue weighted by Gasteiger charge is 2.05. The van der Waals surface area contributed by atoms with Crippen molar-refractivity contribution >= 4 is 17.5 Å². The van der Waals surface area contributed by atoms with E-state index in [4.69, 9.17) is 21.1 Å². The number of methoxy groups -OCH3 is 1. The van der Waals surface area contributed by atoms with Gasteiger partial charge in [0.05, 0.1) is 20.1 Å². The molecule has 0 aliphatic heterocycles. The Balaban J connectivity index is 1.72. The van der Waals surface area contributed by atoms with Gasteiger partial charge in [-0.3, -0.25) is 4.79 Å². The van der Waals surface area contributed by atoms with Crippen LogP contribution in [0.25, 0.3) is 0 Å². The molecule has 0 fully saturated rings. The van der Waals surface area contributed by atoms with E-state index in [1.807, 2.05) is 36.4 Å². The van der Waals surface area contributed by atoms with Crippen LogP contribution in [-0.2, 0) is 11.2 Å². The summed E-state index contributed by atoms with van der Waals surface area (Å²) < 4.78 is 10.8. The van der Waals surface area contributed by atoms with E-state index in [-0.39, 0.29) is 5.91 Å². The lowest BCUT2D eigenvalue weighted by atomic mass is 10.1. The second kappa shape index (κ2) is 8.29. The summed E-state index contributed by atoms with van der Waals surface area (Å²) in [6.45, 7) is 0.817. The maximum atomic E-state index is 11.8. The Kier molecular flexibility index (Phi) is 6.10. The molecule has 0 aromatic heterocycles. The van der Waals surface area contributed by atoms with Crippen LogP contribution in [0.5, 0.6) is 11.5 Å². The summed E-state index contributed by atoms with van der Waals surface area (Å²) >= 11 is 5.81. The molecule has 0 spiro atoms. The molecule has 2 aromatic carbocycles. The van der Waals surface area contributed by atoms with Crippen LogP contribution in [0.1, 0.15) is 5.56 Å². The fourth-order valence-corrected chi connectivity index (χ4v) is 2.07. The number of para-hydroxylation sites is 2. The zero-order chi connectivity index (χ0) is 15.8. The molecule has 1 N–H and O–H groups in total. The second-order valence-corrected chi connectivity index (χ2v) is 5.09. The molecule has 1 amide bonds. The van der Waals surface area contributed by atoms with E-state index >= 15 is 0 Å². The number of benzene rings is 2. The van der Waals surface area contributed by atoms with Crippen molar-refractivity contribution in [3.05, 3.63) is 59.1 Å². The molecule has 2 aromatic rings. The average Bonchev–Trinajstić information content (AvgIpc) is 2.54. The Morgan fingerprint density at radius 2 is 1.77 bits per heavy atom. The van der Waals surface area contributed by atoms with E-state index in [0.29, 0.717) is 36.1 Å². The standard InChI is InChI=1S/C17H18ClNO3/c1-21-15-4-2-3-5-16(15)22-11-10-19-17(20)12-13-6-8-14(18)9-7-13/h2-9H,10-12H2,1H3,(H,19,20). The van der Waals surface area contributed by atoms with Gasteiger partial charge in [0, 0.05) is 5.02 Å². The fraction of sp³-hybridized carbons (Fsp3) is 0.235. The quantitative estimate of drug-likeness (QED) is 0.798. The van der Waals surface area contributed by atoms with Crippen molar-refractivity contribution in [3.63, 3.8) is 0 Å². The number of nitrogens with one attached hydrogen (secondary N) is 1. The highest BCUT2D eigenvalue weighted by Crippen LogP contribution is 2.25. The molecule has 0 atom stereocenters. The van der Waals surface area contributed by atoms with Gasteiger partial charge in [-0.25, -0.2) is 0 Å². The van der Waals surface area contributed by atoms with Crippen LogP contribution in [0, 0.1) is 0 Å². The van der Waals surface area contributed by atoms with Crippen molar-refractivity contribution < 1.29 is 14.3 Å². The molecule has 2 rings (SSSR count). The van der Waals surface area contributed by atoms with Gasteiger partial charge in [-0.2, -0.15) is 0 Å². The highest BCUT2D eigenvalue weighted by molar-refractivity contribution is 6.30. The maximum Gasteiger partial charge on any atom is 0.224 e. The molecular weight excluding hydrogens is 302 g/mol. The van der Waals surface area contributed by atoms with Crippen LogP contribution in [0.4, 0.5) is 0 Å². The van der Waals surface area contributed by atoms with Gasteiger partial charge in [-0.15, -0.1) is 0 Å². The summed E-state index contributed by atoms with van der Waals surface area (Å²) in [4.78, 5) is 11.8. The van der Waals surface area contributed by atoms with Crippen LogP contribution in [0.15, 0.2) is 48.5 Å². The lowest BCUT2D eigenvalue weighted by Crippen LogP contribution is -2.29. The molecule has 0 aliphatic rings. The van der Waals surface area contributed by atoms with Gasteiger partial charge in [-0.05, 0) is 29.8 Å². The Bertz CT molecular complexity index is 614. The number of hydrogen-bond donors (Lipinski definition) is 1. The van der Waals surface area contributed by atoms with Gasteiger partial charge in [0.25, 0.3) is 0 Å². The number of ether oxygens (including phenoxy) is 2. The van der Waals surface area contributed by atoms with Crippen LogP contribution < -0.4 is 14.8 Å². The molecular formula is C17H18ClNO3. The molecule has 0 aliphatic carbocycles. The van der Waals surface area contributed by atoms with E-state index < -0.39 is 0 Å². The highest BCUT2D eigenvalue weighted by atomic mass is 35.5. The summed E-state index contributed by atoms with van der Waals surface area (Å²) in [5.41, 5.74) is 0.924. The molecule has 22 heavy (non-hydrogen) atoms. The van der Waals surface area contributed by atoms with Crippen molar-refractivity contribution in [3.8, 4) is 11.5 Å². The van der Waals surface area contributed by atoms with Crippen LogP contribution >= 0.6 is 11.6 Å². The number of hydrogen-bond acceptors (Lipinski definition) is 3. The molecule has 0 saturated carbocycles. The minimum atomic E-state index is -0.0500. The lowest BCUT2D eigenvalue weighted by molar-refractivity contribution is -0.120. The molecule has 0 unspecified atom stereocenters. The summed E-state index contributed by atoms with van der Waals surface area (Å²) in [6.07, 6.45) is 0.325. The zero-order valence-corrected chi connectivity index (χ0v) is 13.1. The monoisotopic (exact) mass is 319 g/mol. The second-order valence-electron chi connectivity index (χ2n) is 4.65. The molecule has 4 nitrogen and oxygen atoms in total. The molecule has 0 heterocycles. The first-order valence-electron chi connectivity index (χ1n) is 6.96. The number of amides is 1. The smallest absolute Gasteiger partial charge is 0.224 e. The van der Waals surface area contributed by atoms with E-state index in [9.17, 15) is 4.79 Å². The first-order valence-corrected chi connectivity index (χ1v) is 7.34. The minimum absolute atomic E-state index is 0.0500. The Hall–Kier alpha value is -2.20. The largest absolute Gasteiger partial charge is 0.493 e. The summed E-state index contributed by atoms with van der Waals surface area (Å²) in [6, 6.07) is 14.6. The van der Waals surface area contributed by atoms with E-state index in [0.717, 1.165) is 5.56 Å². The Labute approximate surface area is 135 Å². The van der Waals surface area contributed by atoms with Crippen molar-refractivity contribution in [2.75, 3.05) is 20.3 Å². The minimum Gasteiger partial charge on any atom is -0.493 e. The van der Waals surface area contributed by atoms with E-state index in [2.05, 4.69) is 5.32 Å². The van der Waals surface area contributed by atoms with E-state index in [1.54, 1.807) is 19.2 Å². The Morgan fingerprint density at radius 1 is 1.09 bits per heavy atom. The third-order valence-corrected chi connectivity index (χ3v) is 3.28. The third-order valence-electron chi connectivity index (χ3n) is 3.03. The number of carbonyl (C=O) groups is 1. The van der Waals surface area contributed by atoms with Gasteiger partial charge in [0.15, 0.2) is 11.5 Å². The zero-order valence-electron chi connectivity index (χ0n) is 12.3. The van der Waals surface area contributed by atoms with Crippen molar-refractivity contribution in [1.82, 2.24) is 5.32 Å². The average molecular weight is 320 g/mol. The molecule has 0 bridgehead atoms. The van der Waals surface area contributed by atoms with Crippen LogP contribution in [-0.4, -0.2) is 26.2 Å². The first-order chi connectivity index (χ1) is 10.7. The van der Waals surface area contributed by atoms with Gasteiger partial charge >= 0.3 is 0 Å². The van der Waals surface area contributed by atoms with Gasteiger partial charge in [-0.1, -0.05) is 35.9 Å². The fourth-order valence-electron chi connectivity index (χ4n) is 1.94. The molecule has 5 heteroatoms. The van der Waals surface area contributed by atoms with Crippen molar-refractivity contribution in [2.45, 2.75) is 6.42 Å². The number of halogens is 1. The maximum absolute atomic E-state index is 11.8. The molecule has 0 saturated heterocycles. The predicted molar refractivity (Wildman–Crippen MR) is 86.7 cm³/mol. The molecule has 116 valence electrons. The predicted octanol–water partition coefficient (Wildman–Crippen LogP) is 3.09. The summed E-state index contributed by atoms with van der Waals surface area (Å²) in [5.74, 6) is 1.29. The van der Waals surface area contributed by atoms with Gasteiger partial charge in [0.2, 0.25) is 5.91 Å². The first kappa shape index (κ1) is 16.2. The van der Waals surface area contributed by atoms with Gasteiger partial charge in [0.1, 0.15) is 6.61 Å². The number of carbonyl (C=O) groups excluding carboxylic acids is 1. The Morgan fingerprint density at radius 3 is 2.45 bits per heavy atom. The molecule has 0 radical (unpaired) electrons. The summed E-state index contributed by atoms with van der Waals surface area (Å²) in [7, 11) is 1.59. The lowest BCUT2D eigenvalue weighted by Gasteiger charge is -2.11. The van der Waals surface area contributed by atoms with Crippen LogP contribution in [0.3, 0.4) is 0 Å². The van der Waals surface area contributed by atoms with Crippen molar-refractivity contribution in [2.24, 2.45) is 0 Å². The van der Waals surface area contributed by atoms with E-state index in [1.165, 1.54) is 0 Å². The SMILES string of the molecule is COc1ccccc1OCCNC(=O)Cc1ccc(Cl)cc1. The third kappa shape index (κ3) is 4.97. The topological polar surface area (TPSA) is 47.6 Å².